The van der Waals surface area contributed by atoms with Crippen LogP contribution in [0, 0.1) is 11.8 Å². The number of rotatable bonds is 0. The fourth-order valence-corrected chi connectivity index (χ4v) is 0.957. The van der Waals surface area contributed by atoms with E-state index in [0.717, 1.165) is 4.68 Å². The predicted octanol–water partition coefficient (Wildman–Crippen LogP) is 2.00. The van der Waals surface area contributed by atoms with Gasteiger partial charge in [0.2, 0.25) is 11.8 Å². The van der Waals surface area contributed by atoms with E-state index in [2.05, 4.69) is 5.10 Å². The van der Waals surface area contributed by atoms with Crippen LogP contribution >= 0.6 is 0 Å². The van der Waals surface area contributed by atoms with Gasteiger partial charge in [0.1, 0.15) is 5.69 Å². The van der Waals surface area contributed by atoms with Crippen molar-refractivity contribution in [1.29, 1.82) is 0 Å². The van der Waals surface area contributed by atoms with E-state index < -0.39 is 17.2 Å². The largest absolute Gasteiger partial charge is 0.247 e. The SMILES string of the molecule is Cn1nc(C(C)(C)C)c(F)c1F. The van der Waals surface area contributed by atoms with Crippen molar-refractivity contribution in [3.63, 3.8) is 0 Å². The molecule has 0 aromatic carbocycles. The Bertz CT molecular complexity index is 297. The molecule has 0 aliphatic carbocycles. The molecule has 1 rings (SSSR count). The lowest BCUT2D eigenvalue weighted by Gasteiger charge is -2.14. The Labute approximate surface area is 70.2 Å². The summed E-state index contributed by atoms with van der Waals surface area (Å²) in [6.45, 7) is 5.37. The van der Waals surface area contributed by atoms with Crippen LogP contribution in [-0.2, 0) is 12.5 Å². The van der Waals surface area contributed by atoms with Gasteiger partial charge in [0, 0.05) is 12.5 Å². The van der Waals surface area contributed by atoms with Crippen LogP contribution in [0.15, 0.2) is 0 Å². The third-order valence-corrected chi connectivity index (χ3v) is 1.63. The topological polar surface area (TPSA) is 17.8 Å². The number of halogens is 2. The normalized spacial score (nSPS) is 12.2. The maximum Gasteiger partial charge on any atom is 0.247 e. The monoisotopic (exact) mass is 174 g/mol. The Morgan fingerprint density at radius 3 is 1.92 bits per heavy atom. The van der Waals surface area contributed by atoms with Crippen LogP contribution in [0.5, 0.6) is 0 Å². The Hall–Kier alpha value is -0.930. The van der Waals surface area contributed by atoms with Gasteiger partial charge in [-0.3, -0.25) is 0 Å². The number of hydrogen-bond donors (Lipinski definition) is 0. The maximum absolute atomic E-state index is 13.1. The summed E-state index contributed by atoms with van der Waals surface area (Å²) < 4.78 is 26.8. The molecule has 4 heteroatoms. The zero-order valence-electron chi connectivity index (χ0n) is 7.65. The molecule has 0 saturated heterocycles. The van der Waals surface area contributed by atoms with Crippen molar-refractivity contribution in [2.75, 3.05) is 0 Å². The fraction of sp³-hybridized carbons (Fsp3) is 0.625. The highest BCUT2D eigenvalue weighted by molar-refractivity contribution is 5.14. The van der Waals surface area contributed by atoms with Crippen molar-refractivity contribution < 1.29 is 8.78 Å². The third-order valence-electron chi connectivity index (χ3n) is 1.63. The van der Waals surface area contributed by atoms with Gasteiger partial charge in [0.25, 0.3) is 0 Å². The van der Waals surface area contributed by atoms with Gasteiger partial charge in [-0.25, -0.2) is 4.68 Å². The molecule has 1 heterocycles. The minimum atomic E-state index is -0.903. The number of aryl methyl sites for hydroxylation is 1. The van der Waals surface area contributed by atoms with E-state index in [9.17, 15) is 8.78 Å². The summed E-state index contributed by atoms with van der Waals surface area (Å²) in [5, 5.41) is 3.75. The Morgan fingerprint density at radius 2 is 1.75 bits per heavy atom. The van der Waals surface area contributed by atoms with Crippen molar-refractivity contribution >= 4 is 0 Å². The molecule has 1 aromatic rings. The van der Waals surface area contributed by atoms with Crippen LogP contribution in [0.2, 0.25) is 0 Å². The molecule has 68 valence electrons. The van der Waals surface area contributed by atoms with Gasteiger partial charge in [-0.15, -0.1) is 0 Å². The van der Waals surface area contributed by atoms with E-state index in [1.165, 1.54) is 7.05 Å². The lowest BCUT2D eigenvalue weighted by Crippen LogP contribution is -2.14. The van der Waals surface area contributed by atoms with Crippen molar-refractivity contribution in [3.8, 4) is 0 Å². The third kappa shape index (κ3) is 1.33. The Kier molecular flexibility index (Phi) is 1.94. The molecule has 2 nitrogen and oxygen atoms in total. The Morgan fingerprint density at radius 1 is 1.25 bits per heavy atom. The second kappa shape index (κ2) is 2.54. The van der Waals surface area contributed by atoms with Gasteiger partial charge >= 0.3 is 0 Å². The number of nitrogens with zero attached hydrogens (tertiary/aromatic N) is 2. The zero-order chi connectivity index (χ0) is 9.52. The number of aromatic nitrogens is 2. The van der Waals surface area contributed by atoms with Crippen molar-refractivity contribution in [3.05, 3.63) is 17.5 Å². The summed E-state index contributed by atoms with van der Waals surface area (Å²) in [5.74, 6) is -1.75. The van der Waals surface area contributed by atoms with Gasteiger partial charge < -0.3 is 0 Å². The quantitative estimate of drug-likeness (QED) is 0.588. The molecular formula is C8H12F2N2. The molecular weight excluding hydrogens is 162 g/mol. The minimum absolute atomic E-state index is 0.169. The molecule has 0 radical (unpaired) electrons. The van der Waals surface area contributed by atoms with Gasteiger partial charge in [-0.05, 0) is 0 Å². The van der Waals surface area contributed by atoms with Crippen LogP contribution < -0.4 is 0 Å². The van der Waals surface area contributed by atoms with Crippen molar-refractivity contribution in [1.82, 2.24) is 9.78 Å². The van der Waals surface area contributed by atoms with Crippen LogP contribution in [0.25, 0.3) is 0 Å². The van der Waals surface area contributed by atoms with E-state index in [-0.39, 0.29) is 5.69 Å². The summed E-state index contributed by atoms with van der Waals surface area (Å²) in [4.78, 5) is 0. The highest BCUT2D eigenvalue weighted by Crippen LogP contribution is 2.24. The molecule has 0 unspecified atom stereocenters. The van der Waals surface area contributed by atoms with Crippen LogP contribution in [0.1, 0.15) is 26.5 Å². The van der Waals surface area contributed by atoms with Crippen LogP contribution in [0.4, 0.5) is 8.78 Å². The first-order valence-electron chi connectivity index (χ1n) is 3.72. The Balaban J connectivity index is 3.28. The second-order valence-electron chi connectivity index (χ2n) is 3.83. The lowest BCUT2D eigenvalue weighted by molar-refractivity contribution is 0.442. The van der Waals surface area contributed by atoms with Crippen molar-refractivity contribution in [2.24, 2.45) is 7.05 Å². The zero-order valence-corrected chi connectivity index (χ0v) is 7.65. The molecule has 0 fully saturated rings. The van der Waals surface area contributed by atoms with E-state index >= 15 is 0 Å². The van der Waals surface area contributed by atoms with E-state index in [1.54, 1.807) is 20.8 Å². The molecule has 12 heavy (non-hydrogen) atoms. The summed E-state index contributed by atoms with van der Waals surface area (Å²) >= 11 is 0. The van der Waals surface area contributed by atoms with Gasteiger partial charge in [0.15, 0.2) is 0 Å². The molecule has 0 atom stereocenters. The highest BCUT2D eigenvalue weighted by Gasteiger charge is 2.26. The molecule has 0 amide bonds. The molecule has 0 saturated carbocycles. The van der Waals surface area contributed by atoms with Crippen molar-refractivity contribution in [2.45, 2.75) is 26.2 Å². The minimum Gasteiger partial charge on any atom is -0.240 e. The number of hydrogen-bond acceptors (Lipinski definition) is 1. The first-order chi connectivity index (χ1) is 5.34. The molecule has 0 spiro atoms. The van der Waals surface area contributed by atoms with E-state index in [0.29, 0.717) is 0 Å². The summed E-state index contributed by atoms with van der Waals surface area (Å²) in [6.07, 6.45) is 0. The van der Waals surface area contributed by atoms with Crippen LogP contribution in [0.3, 0.4) is 0 Å². The lowest BCUT2D eigenvalue weighted by atomic mass is 9.92. The average Bonchev–Trinajstić information content (AvgIpc) is 2.15. The molecule has 0 aliphatic rings. The second-order valence-corrected chi connectivity index (χ2v) is 3.83. The summed E-state index contributed by atoms with van der Waals surface area (Å²) in [7, 11) is 1.38. The first kappa shape index (κ1) is 9.16. The molecule has 0 bridgehead atoms. The molecule has 0 N–H and O–H groups in total. The fourth-order valence-electron chi connectivity index (χ4n) is 0.957. The predicted molar refractivity (Wildman–Crippen MR) is 41.8 cm³/mol. The summed E-state index contributed by atoms with van der Waals surface area (Å²) in [6, 6.07) is 0. The molecule has 1 aromatic heterocycles. The first-order valence-corrected chi connectivity index (χ1v) is 3.72. The van der Waals surface area contributed by atoms with E-state index in [4.69, 9.17) is 0 Å². The van der Waals surface area contributed by atoms with Crippen LogP contribution in [-0.4, -0.2) is 9.78 Å². The van der Waals surface area contributed by atoms with Gasteiger partial charge in [-0.1, -0.05) is 20.8 Å². The maximum atomic E-state index is 13.1. The average molecular weight is 174 g/mol. The highest BCUT2D eigenvalue weighted by atomic mass is 19.2. The standard InChI is InChI=1S/C8H12F2N2/c1-8(2,3)6-5(9)7(10)12(4)11-6/h1-4H3. The molecule has 0 aliphatic heterocycles. The van der Waals surface area contributed by atoms with Gasteiger partial charge in [-0.2, -0.15) is 13.9 Å². The smallest absolute Gasteiger partial charge is 0.240 e. The summed E-state index contributed by atoms with van der Waals surface area (Å²) in [5.41, 5.74) is -0.283. The van der Waals surface area contributed by atoms with E-state index in [1.807, 2.05) is 0 Å². The van der Waals surface area contributed by atoms with Gasteiger partial charge in [0.05, 0.1) is 0 Å².